The highest BCUT2D eigenvalue weighted by Gasteiger charge is 2.22. The van der Waals surface area contributed by atoms with Crippen LogP contribution in [0.1, 0.15) is 106 Å². The van der Waals surface area contributed by atoms with E-state index in [1.165, 1.54) is 36.3 Å². The van der Waals surface area contributed by atoms with Crippen LogP contribution < -0.4 is 5.32 Å². The number of aromatic nitrogens is 1. The van der Waals surface area contributed by atoms with E-state index in [0.717, 1.165) is 68.7 Å². The maximum absolute atomic E-state index is 12.4. The summed E-state index contributed by atoms with van der Waals surface area (Å²) in [5, 5.41) is 3.70. The number of hydrogen-bond donors (Lipinski definition) is 1. The minimum Gasteiger partial charge on any atom is -0.349 e. The van der Waals surface area contributed by atoms with Crippen LogP contribution in [0.2, 0.25) is 0 Å². The van der Waals surface area contributed by atoms with Crippen molar-refractivity contribution in [1.82, 2.24) is 10.3 Å². The second-order valence-corrected chi connectivity index (χ2v) is 11.5. The lowest BCUT2D eigenvalue weighted by molar-refractivity contribution is -0.125. The zero-order chi connectivity index (χ0) is 28.0. The van der Waals surface area contributed by atoms with Crippen molar-refractivity contribution in [3.63, 3.8) is 0 Å². The highest BCUT2D eigenvalue weighted by molar-refractivity contribution is 7.11. The van der Waals surface area contributed by atoms with E-state index in [9.17, 15) is 9.59 Å². The summed E-state index contributed by atoms with van der Waals surface area (Å²) in [5.41, 5.74) is 1.20. The van der Waals surface area contributed by atoms with Gasteiger partial charge in [-0.1, -0.05) is 93.9 Å². The van der Waals surface area contributed by atoms with Gasteiger partial charge >= 0.3 is 0 Å². The van der Waals surface area contributed by atoms with Gasteiger partial charge in [-0.05, 0) is 70.1 Å². The van der Waals surface area contributed by atoms with Crippen LogP contribution in [0.15, 0.2) is 60.8 Å². The van der Waals surface area contributed by atoms with E-state index >= 15 is 0 Å². The Morgan fingerprint density at radius 2 is 1.54 bits per heavy atom. The molecule has 2 rings (SSSR count). The molecular weight excluding hydrogens is 500 g/mol. The van der Waals surface area contributed by atoms with Gasteiger partial charge in [0, 0.05) is 11.3 Å². The first kappa shape index (κ1) is 32.7. The van der Waals surface area contributed by atoms with E-state index in [1.54, 1.807) is 11.3 Å². The van der Waals surface area contributed by atoms with Crippen molar-refractivity contribution in [3.8, 4) is 0 Å². The van der Waals surface area contributed by atoms with Crippen LogP contribution in [0.3, 0.4) is 0 Å². The summed E-state index contributed by atoms with van der Waals surface area (Å²) >= 11 is 1.70. The topological polar surface area (TPSA) is 59.1 Å². The van der Waals surface area contributed by atoms with E-state index in [4.69, 9.17) is 4.98 Å². The Labute approximate surface area is 241 Å². The van der Waals surface area contributed by atoms with Gasteiger partial charge in [0.15, 0.2) is 5.78 Å². The summed E-state index contributed by atoms with van der Waals surface area (Å²) in [4.78, 5) is 30.6. The molecule has 1 aliphatic rings. The fourth-order valence-electron chi connectivity index (χ4n) is 4.58. The standard InChI is InChI=1S/C34H50N2O2S/c1-3-5-7-8-9-10-11-12-13-14-15-16-17-18-19-20-21-23-33(38)35-28-30(37)27-34-36-31-25-24-29(22-6-4-2)26-32(31)39-34/h5,7,9-10,12-13,15-16,18-19,29H,3-4,6,8,11,14,17,20-28H2,1-2H3,(H,35,38)/b7-5-,10-9-,13-12-,16-15-,19-18-/t29-/m1/s1. The van der Waals surface area contributed by atoms with Crippen LogP contribution in [0.4, 0.5) is 0 Å². The maximum atomic E-state index is 12.4. The predicted octanol–water partition coefficient (Wildman–Crippen LogP) is 8.59. The molecule has 0 spiro atoms. The van der Waals surface area contributed by atoms with Crippen LogP contribution in [-0.4, -0.2) is 23.2 Å². The van der Waals surface area contributed by atoms with Crippen molar-refractivity contribution < 1.29 is 9.59 Å². The molecule has 39 heavy (non-hydrogen) atoms. The van der Waals surface area contributed by atoms with Crippen molar-refractivity contribution >= 4 is 23.0 Å². The fourth-order valence-corrected chi connectivity index (χ4v) is 5.84. The summed E-state index contributed by atoms with van der Waals surface area (Å²) in [7, 11) is 0. The van der Waals surface area contributed by atoms with Gasteiger partial charge in [0.2, 0.25) is 5.91 Å². The minimum atomic E-state index is -0.0482. The molecule has 0 fully saturated rings. The molecule has 1 atom stereocenters. The number of aryl methyl sites for hydroxylation is 1. The molecule has 0 saturated carbocycles. The molecule has 0 aromatic carbocycles. The van der Waals surface area contributed by atoms with E-state index in [-0.39, 0.29) is 18.2 Å². The second-order valence-electron chi connectivity index (χ2n) is 10.3. The Balaban J connectivity index is 1.49. The summed E-state index contributed by atoms with van der Waals surface area (Å²) in [6.07, 6.45) is 36.5. The average molecular weight is 551 g/mol. The Kier molecular flexibility index (Phi) is 17.9. The SMILES string of the molecule is CC/C=C\C/C=C\C/C=C\C/C=C\C/C=C\CCCC(=O)NCC(=O)Cc1nc2c(s1)C[C@H](CCCC)CC2. The lowest BCUT2D eigenvalue weighted by Gasteiger charge is -2.20. The van der Waals surface area contributed by atoms with E-state index in [1.807, 2.05) is 0 Å². The number of allylic oxidation sites excluding steroid dienone is 10. The molecular formula is C34H50N2O2S. The second kappa shape index (κ2) is 21.3. The third-order valence-corrected chi connectivity index (χ3v) is 7.94. The van der Waals surface area contributed by atoms with E-state index in [2.05, 4.69) is 79.9 Å². The van der Waals surface area contributed by atoms with Crippen LogP contribution in [0.25, 0.3) is 0 Å². The molecule has 1 N–H and O–H groups in total. The maximum Gasteiger partial charge on any atom is 0.220 e. The van der Waals surface area contributed by atoms with Crippen molar-refractivity contribution in [3.05, 3.63) is 76.3 Å². The fraction of sp³-hybridized carbons (Fsp3) is 0.559. The molecule has 0 saturated heterocycles. The first-order valence-electron chi connectivity index (χ1n) is 15.1. The summed E-state index contributed by atoms with van der Waals surface area (Å²) in [5.74, 6) is 0.762. The first-order chi connectivity index (χ1) is 19.1. The third-order valence-electron chi connectivity index (χ3n) is 6.82. The Morgan fingerprint density at radius 1 is 0.897 bits per heavy atom. The minimum absolute atomic E-state index is 0.0369. The molecule has 4 nitrogen and oxygen atoms in total. The smallest absolute Gasteiger partial charge is 0.220 e. The van der Waals surface area contributed by atoms with Crippen molar-refractivity contribution in [2.24, 2.45) is 5.92 Å². The van der Waals surface area contributed by atoms with Gasteiger partial charge in [-0.15, -0.1) is 11.3 Å². The molecule has 0 bridgehead atoms. The number of unbranched alkanes of at least 4 members (excludes halogenated alkanes) is 2. The molecule has 0 unspecified atom stereocenters. The number of nitrogens with one attached hydrogen (secondary N) is 1. The first-order valence-corrected chi connectivity index (χ1v) is 15.9. The number of fused-ring (bicyclic) bond motifs is 1. The number of hydrogen-bond acceptors (Lipinski definition) is 4. The molecule has 0 aliphatic heterocycles. The molecule has 1 heterocycles. The normalized spacial score (nSPS) is 15.9. The lowest BCUT2D eigenvalue weighted by Crippen LogP contribution is -2.30. The van der Waals surface area contributed by atoms with Gasteiger partial charge in [-0.25, -0.2) is 4.98 Å². The van der Waals surface area contributed by atoms with Gasteiger partial charge in [0.05, 0.1) is 18.7 Å². The van der Waals surface area contributed by atoms with E-state index in [0.29, 0.717) is 12.8 Å². The van der Waals surface area contributed by atoms with Gasteiger partial charge in [-0.3, -0.25) is 9.59 Å². The van der Waals surface area contributed by atoms with Crippen LogP contribution in [-0.2, 0) is 28.9 Å². The average Bonchev–Trinajstić information content (AvgIpc) is 3.33. The zero-order valence-electron chi connectivity index (χ0n) is 24.3. The van der Waals surface area contributed by atoms with Gasteiger partial charge in [0.25, 0.3) is 0 Å². The summed E-state index contributed by atoms with van der Waals surface area (Å²) < 4.78 is 0. The lowest BCUT2D eigenvalue weighted by atomic mass is 9.87. The number of ketones is 1. The highest BCUT2D eigenvalue weighted by atomic mass is 32.1. The monoisotopic (exact) mass is 550 g/mol. The Hall–Kier alpha value is -2.53. The third kappa shape index (κ3) is 15.6. The van der Waals surface area contributed by atoms with Crippen molar-refractivity contribution in [2.75, 3.05) is 6.54 Å². The molecule has 1 aromatic heterocycles. The predicted molar refractivity (Wildman–Crippen MR) is 167 cm³/mol. The number of carbonyl (C=O) groups is 2. The molecule has 1 aromatic rings. The van der Waals surface area contributed by atoms with E-state index < -0.39 is 0 Å². The molecule has 1 amide bonds. The number of carbonyl (C=O) groups excluding carboxylic acids is 2. The van der Waals surface area contributed by atoms with Gasteiger partial charge in [-0.2, -0.15) is 0 Å². The quantitative estimate of drug-likeness (QED) is 0.131. The zero-order valence-corrected chi connectivity index (χ0v) is 25.2. The molecule has 1 aliphatic carbocycles. The summed E-state index contributed by atoms with van der Waals surface area (Å²) in [6, 6.07) is 0. The number of thiazole rings is 1. The number of nitrogens with zero attached hydrogens (tertiary/aromatic N) is 1. The number of Topliss-reactive ketones (excluding diaryl/α,β-unsaturated/α-hetero) is 1. The summed E-state index contributed by atoms with van der Waals surface area (Å²) in [6.45, 7) is 4.50. The molecule has 214 valence electrons. The van der Waals surface area contributed by atoms with Crippen LogP contribution in [0.5, 0.6) is 0 Å². The van der Waals surface area contributed by atoms with Crippen LogP contribution >= 0.6 is 11.3 Å². The number of amides is 1. The van der Waals surface area contributed by atoms with Crippen LogP contribution in [0, 0.1) is 5.92 Å². The molecule has 5 heteroatoms. The van der Waals surface area contributed by atoms with Gasteiger partial charge in [0.1, 0.15) is 5.01 Å². The number of rotatable bonds is 20. The van der Waals surface area contributed by atoms with Gasteiger partial charge < -0.3 is 5.32 Å². The van der Waals surface area contributed by atoms with Crippen molar-refractivity contribution in [2.45, 2.75) is 110 Å². The van der Waals surface area contributed by atoms with Crippen molar-refractivity contribution in [1.29, 1.82) is 0 Å². The Bertz CT molecular complexity index is 983. The highest BCUT2D eigenvalue weighted by Crippen LogP contribution is 2.32. The largest absolute Gasteiger partial charge is 0.349 e. The Morgan fingerprint density at radius 3 is 2.18 bits per heavy atom. The molecule has 0 radical (unpaired) electrons.